The first kappa shape index (κ1) is 14.1. The number of hydrogen-bond donors (Lipinski definition) is 1. The van der Waals surface area contributed by atoms with E-state index in [-0.39, 0.29) is 11.6 Å². The summed E-state index contributed by atoms with van der Waals surface area (Å²) in [6, 6.07) is 0.212. The first-order chi connectivity index (χ1) is 9.72. The molecule has 4 heteroatoms. The van der Waals surface area contributed by atoms with Crippen LogP contribution in [-0.4, -0.2) is 39.1 Å². The quantitative estimate of drug-likeness (QED) is 0.916. The van der Waals surface area contributed by atoms with Crippen molar-refractivity contribution in [3.63, 3.8) is 0 Å². The Bertz CT molecular complexity index is 427. The number of aromatic nitrogens is 2. The summed E-state index contributed by atoms with van der Waals surface area (Å²) in [5.41, 5.74) is 6.95. The molecule has 1 aliphatic heterocycles. The van der Waals surface area contributed by atoms with Crippen molar-refractivity contribution in [2.45, 2.75) is 62.9 Å². The number of nitrogens with two attached hydrogens (primary N) is 1. The first-order valence-corrected chi connectivity index (χ1v) is 8.19. The van der Waals surface area contributed by atoms with Gasteiger partial charge in [-0.2, -0.15) is 0 Å². The van der Waals surface area contributed by atoms with E-state index in [1.54, 1.807) is 0 Å². The van der Waals surface area contributed by atoms with Crippen LogP contribution in [0, 0.1) is 0 Å². The molecule has 2 N–H and O–H groups in total. The van der Waals surface area contributed by atoms with Crippen LogP contribution in [0.25, 0.3) is 0 Å². The van der Waals surface area contributed by atoms with Crippen LogP contribution >= 0.6 is 0 Å². The van der Waals surface area contributed by atoms with Crippen molar-refractivity contribution in [2.75, 3.05) is 13.1 Å². The Morgan fingerprint density at radius 1 is 1.20 bits per heavy atom. The van der Waals surface area contributed by atoms with E-state index in [0.717, 1.165) is 12.2 Å². The molecule has 1 unspecified atom stereocenters. The second-order valence-electron chi connectivity index (χ2n) is 6.62. The minimum atomic E-state index is 0.212. The topological polar surface area (TPSA) is 47.1 Å². The van der Waals surface area contributed by atoms with Gasteiger partial charge in [0.1, 0.15) is 5.82 Å². The maximum Gasteiger partial charge on any atom is 0.109 e. The molecular formula is C16H28N4. The van der Waals surface area contributed by atoms with Crippen molar-refractivity contribution in [2.24, 2.45) is 12.8 Å². The highest BCUT2D eigenvalue weighted by molar-refractivity contribution is 5.07. The van der Waals surface area contributed by atoms with Crippen molar-refractivity contribution < 1.29 is 0 Å². The SMILES string of the molecule is Cn1ccnc1CC(N)C1(N2CCCCC2)CCCC1. The van der Waals surface area contributed by atoms with Crippen molar-refractivity contribution in [1.29, 1.82) is 0 Å². The summed E-state index contributed by atoms with van der Waals surface area (Å²) < 4.78 is 2.11. The average molecular weight is 276 g/mol. The second kappa shape index (κ2) is 5.86. The van der Waals surface area contributed by atoms with Crippen molar-refractivity contribution in [3.8, 4) is 0 Å². The molecule has 1 aromatic rings. The van der Waals surface area contributed by atoms with Crippen LogP contribution < -0.4 is 5.73 Å². The molecule has 3 rings (SSSR count). The molecule has 0 radical (unpaired) electrons. The molecule has 1 saturated heterocycles. The number of likely N-dealkylation sites (tertiary alicyclic amines) is 1. The lowest BCUT2D eigenvalue weighted by Crippen LogP contribution is -2.60. The van der Waals surface area contributed by atoms with Gasteiger partial charge in [0.25, 0.3) is 0 Å². The third-order valence-electron chi connectivity index (χ3n) is 5.47. The normalized spacial score (nSPS) is 24.9. The van der Waals surface area contributed by atoms with E-state index in [9.17, 15) is 0 Å². The number of aryl methyl sites for hydroxylation is 1. The van der Waals surface area contributed by atoms with E-state index in [1.165, 1.54) is 58.0 Å². The van der Waals surface area contributed by atoms with Gasteiger partial charge in [-0.15, -0.1) is 0 Å². The van der Waals surface area contributed by atoms with Gasteiger partial charge in [0, 0.05) is 37.4 Å². The monoisotopic (exact) mass is 276 g/mol. The Balaban J connectivity index is 1.77. The van der Waals surface area contributed by atoms with Gasteiger partial charge < -0.3 is 10.3 Å². The van der Waals surface area contributed by atoms with E-state index >= 15 is 0 Å². The molecule has 0 amide bonds. The smallest absolute Gasteiger partial charge is 0.109 e. The lowest BCUT2D eigenvalue weighted by molar-refractivity contribution is 0.0475. The fourth-order valence-corrected chi connectivity index (χ4v) is 4.23. The zero-order valence-electron chi connectivity index (χ0n) is 12.7. The molecule has 20 heavy (non-hydrogen) atoms. The molecule has 1 aliphatic carbocycles. The third kappa shape index (κ3) is 2.51. The Labute approximate surface area is 122 Å². The van der Waals surface area contributed by atoms with Gasteiger partial charge in [-0.25, -0.2) is 4.98 Å². The first-order valence-electron chi connectivity index (χ1n) is 8.19. The Morgan fingerprint density at radius 2 is 1.90 bits per heavy atom. The van der Waals surface area contributed by atoms with Crippen LogP contribution in [0.1, 0.15) is 50.8 Å². The molecule has 1 atom stereocenters. The van der Waals surface area contributed by atoms with Crippen molar-refractivity contribution in [1.82, 2.24) is 14.5 Å². The summed E-state index contributed by atoms with van der Waals surface area (Å²) in [5.74, 6) is 1.13. The number of rotatable bonds is 4. The summed E-state index contributed by atoms with van der Waals surface area (Å²) in [5, 5.41) is 0. The third-order valence-corrected chi connectivity index (χ3v) is 5.47. The van der Waals surface area contributed by atoms with Crippen LogP contribution in [0.2, 0.25) is 0 Å². The Hall–Kier alpha value is -0.870. The van der Waals surface area contributed by atoms with Gasteiger partial charge in [-0.05, 0) is 38.8 Å². The summed E-state index contributed by atoms with van der Waals surface area (Å²) in [7, 11) is 2.07. The van der Waals surface area contributed by atoms with E-state index in [0.29, 0.717) is 0 Å². The molecule has 1 aromatic heterocycles. The molecule has 2 heterocycles. The van der Waals surface area contributed by atoms with Gasteiger partial charge in [0.05, 0.1) is 0 Å². The number of imidazole rings is 1. The summed E-state index contributed by atoms with van der Waals surface area (Å²) in [6.07, 6.45) is 14.1. The fraction of sp³-hybridized carbons (Fsp3) is 0.812. The minimum Gasteiger partial charge on any atom is -0.338 e. The van der Waals surface area contributed by atoms with Crippen LogP contribution in [0.15, 0.2) is 12.4 Å². The average Bonchev–Trinajstić information content (AvgIpc) is 3.11. The van der Waals surface area contributed by atoms with Gasteiger partial charge in [-0.1, -0.05) is 19.3 Å². The number of hydrogen-bond acceptors (Lipinski definition) is 3. The lowest BCUT2D eigenvalue weighted by Gasteiger charge is -2.47. The van der Waals surface area contributed by atoms with Gasteiger partial charge in [0.2, 0.25) is 0 Å². The minimum absolute atomic E-state index is 0.212. The second-order valence-corrected chi connectivity index (χ2v) is 6.62. The van der Waals surface area contributed by atoms with Crippen LogP contribution in [0.3, 0.4) is 0 Å². The highest BCUT2D eigenvalue weighted by Crippen LogP contribution is 2.39. The number of nitrogens with zero attached hydrogens (tertiary/aromatic N) is 3. The van der Waals surface area contributed by atoms with E-state index in [2.05, 4.69) is 21.5 Å². The molecule has 2 fully saturated rings. The Morgan fingerprint density at radius 3 is 2.50 bits per heavy atom. The van der Waals surface area contributed by atoms with Gasteiger partial charge in [0.15, 0.2) is 0 Å². The summed E-state index contributed by atoms with van der Waals surface area (Å²) >= 11 is 0. The fourth-order valence-electron chi connectivity index (χ4n) is 4.23. The van der Waals surface area contributed by atoms with E-state index < -0.39 is 0 Å². The van der Waals surface area contributed by atoms with Crippen LogP contribution in [0.5, 0.6) is 0 Å². The van der Waals surface area contributed by atoms with Gasteiger partial charge >= 0.3 is 0 Å². The maximum absolute atomic E-state index is 6.71. The lowest BCUT2D eigenvalue weighted by atomic mass is 9.83. The zero-order chi connectivity index (χ0) is 14.0. The maximum atomic E-state index is 6.71. The van der Waals surface area contributed by atoms with Crippen LogP contribution in [0.4, 0.5) is 0 Å². The molecule has 2 aliphatic rings. The van der Waals surface area contributed by atoms with E-state index in [4.69, 9.17) is 5.73 Å². The summed E-state index contributed by atoms with van der Waals surface area (Å²) in [4.78, 5) is 7.19. The van der Waals surface area contributed by atoms with Crippen LogP contribution in [-0.2, 0) is 13.5 Å². The molecule has 112 valence electrons. The standard InChI is InChI=1S/C16H28N4/c1-19-12-9-18-15(19)13-14(17)16(7-3-4-8-16)20-10-5-2-6-11-20/h9,12,14H,2-8,10-11,13,17H2,1H3. The molecule has 0 aromatic carbocycles. The highest BCUT2D eigenvalue weighted by atomic mass is 15.2. The highest BCUT2D eigenvalue weighted by Gasteiger charge is 2.44. The predicted octanol–water partition coefficient (Wildman–Crippen LogP) is 2.09. The summed E-state index contributed by atoms with van der Waals surface area (Å²) in [6.45, 7) is 2.49. The zero-order valence-corrected chi connectivity index (χ0v) is 12.7. The van der Waals surface area contributed by atoms with Gasteiger partial charge in [-0.3, -0.25) is 4.90 Å². The Kier molecular flexibility index (Phi) is 4.13. The molecule has 0 bridgehead atoms. The van der Waals surface area contributed by atoms with Crippen molar-refractivity contribution in [3.05, 3.63) is 18.2 Å². The predicted molar refractivity (Wildman–Crippen MR) is 81.5 cm³/mol. The molecule has 4 nitrogen and oxygen atoms in total. The number of piperidine rings is 1. The molecule has 1 saturated carbocycles. The molecular weight excluding hydrogens is 248 g/mol. The molecule has 0 spiro atoms. The van der Waals surface area contributed by atoms with E-state index in [1.807, 2.05) is 12.4 Å². The van der Waals surface area contributed by atoms with Crippen molar-refractivity contribution >= 4 is 0 Å². The largest absolute Gasteiger partial charge is 0.338 e.